The normalized spacial score (nSPS) is 18.4. The number of hydrogen-bond acceptors (Lipinski definition) is 8. The molecule has 36 heavy (non-hydrogen) atoms. The largest absolute Gasteiger partial charge is 0.467 e. The molecule has 5 rings (SSSR count). The summed E-state index contributed by atoms with van der Waals surface area (Å²) < 4.78 is 56.4. The zero-order valence-electron chi connectivity index (χ0n) is 19.2. The summed E-state index contributed by atoms with van der Waals surface area (Å²) in [7, 11) is 1.33. The molecule has 12 heteroatoms. The molecule has 4 aromatic rings. The number of anilines is 2. The van der Waals surface area contributed by atoms with Gasteiger partial charge in [-0.3, -0.25) is 0 Å². The maximum absolute atomic E-state index is 16.2. The Balaban J connectivity index is 1.80. The smallest absolute Gasteiger partial charge is 0.318 e. The second-order valence-electron chi connectivity index (χ2n) is 8.62. The highest BCUT2D eigenvalue weighted by Gasteiger charge is 2.32. The van der Waals surface area contributed by atoms with Crippen molar-refractivity contribution in [3.8, 4) is 23.2 Å². The second-order valence-corrected chi connectivity index (χ2v) is 10.1. The van der Waals surface area contributed by atoms with Gasteiger partial charge in [0, 0.05) is 22.9 Å². The number of ether oxygens (including phenoxy) is 2. The Bertz CT molecular complexity index is 1570. The monoisotopic (exact) mass is 533 g/mol. The van der Waals surface area contributed by atoms with Crippen molar-refractivity contribution >= 4 is 54.7 Å². The van der Waals surface area contributed by atoms with E-state index >= 15 is 4.39 Å². The number of halogens is 4. The SMILES string of the molecule is COc1nc(N2CCOCC(C)(F)C2)c2cc(Cl)c(-c3ccc(F)c4sc(N)c(C#N)c34)c(F)c2n1. The summed E-state index contributed by atoms with van der Waals surface area (Å²) in [5.41, 5.74) is 4.29. The molecule has 1 aliphatic rings. The quantitative estimate of drug-likeness (QED) is 0.373. The number of rotatable bonds is 3. The summed E-state index contributed by atoms with van der Waals surface area (Å²) in [5, 5.41) is 10.1. The molecule has 1 unspecified atom stereocenters. The lowest BCUT2D eigenvalue weighted by atomic mass is 9.97. The molecule has 0 amide bonds. The number of alkyl halides is 1. The number of nitriles is 1. The number of aromatic nitrogens is 2. The first-order valence-corrected chi connectivity index (χ1v) is 12.0. The first-order valence-electron chi connectivity index (χ1n) is 10.8. The molecule has 2 aromatic heterocycles. The number of benzene rings is 2. The fraction of sp³-hybridized carbons (Fsp3) is 0.292. The topological polar surface area (TPSA) is 97.3 Å². The molecule has 1 atom stereocenters. The van der Waals surface area contributed by atoms with Gasteiger partial charge in [-0.1, -0.05) is 17.7 Å². The molecule has 0 saturated carbocycles. The maximum Gasteiger partial charge on any atom is 0.318 e. The van der Waals surface area contributed by atoms with Crippen LogP contribution in [0.15, 0.2) is 18.2 Å². The van der Waals surface area contributed by atoms with Crippen molar-refractivity contribution in [3.63, 3.8) is 0 Å². The van der Waals surface area contributed by atoms with Gasteiger partial charge in [-0.2, -0.15) is 15.2 Å². The highest BCUT2D eigenvalue weighted by Crippen LogP contribution is 2.45. The van der Waals surface area contributed by atoms with Crippen LogP contribution in [0.3, 0.4) is 0 Å². The van der Waals surface area contributed by atoms with Crippen LogP contribution in [-0.4, -0.2) is 49.0 Å². The summed E-state index contributed by atoms with van der Waals surface area (Å²) >= 11 is 7.51. The molecule has 3 heterocycles. The third-order valence-corrected chi connectivity index (χ3v) is 7.28. The summed E-state index contributed by atoms with van der Waals surface area (Å²) in [5.74, 6) is -1.18. The van der Waals surface area contributed by atoms with Crippen LogP contribution < -0.4 is 15.4 Å². The zero-order valence-corrected chi connectivity index (χ0v) is 20.7. The summed E-state index contributed by atoms with van der Waals surface area (Å²) in [6, 6.07) is 5.83. The molecule has 0 bridgehead atoms. The molecular weight excluding hydrogens is 515 g/mol. The second kappa shape index (κ2) is 8.96. The van der Waals surface area contributed by atoms with Crippen LogP contribution in [0.4, 0.5) is 24.0 Å². The molecular formula is C24H19ClF3N5O2S. The Morgan fingerprint density at radius 3 is 2.83 bits per heavy atom. The van der Waals surface area contributed by atoms with E-state index in [2.05, 4.69) is 9.97 Å². The van der Waals surface area contributed by atoms with Gasteiger partial charge in [0.2, 0.25) is 0 Å². The molecule has 7 nitrogen and oxygen atoms in total. The number of nitrogens with two attached hydrogens (primary N) is 1. The molecule has 2 aromatic carbocycles. The van der Waals surface area contributed by atoms with Crippen molar-refractivity contribution < 1.29 is 22.6 Å². The van der Waals surface area contributed by atoms with Crippen molar-refractivity contribution in [1.82, 2.24) is 9.97 Å². The predicted molar refractivity (Wildman–Crippen MR) is 134 cm³/mol. The van der Waals surface area contributed by atoms with Gasteiger partial charge < -0.3 is 20.1 Å². The van der Waals surface area contributed by atoms with Crippen molar-refractivity contribution in [2.45, 2.75) is 12.6 Å². The third kappa shape index (κ3) is 3.95. The van der Waals surface area contributed by atoms with E-state index < -0.39 is 17.3 Å². The molecule has 0 radical (unpaired) electrons. The van der Waals surface area contributed by atoms with Gasteiger partial charge in [0.05, 0.1) is 42.2 Å². The number of nitrogen functional groups attached to an aromatic ring is 1. The zero-order chi connectivity index (χ0) is 25.8. The van der Waals surface area contributed by atoms with Gasteiger partial charge >= 0.3 is 6.01 Å². The van der Waals surface area contributed by atoms with Gasteiger partial charge in [0.25, 0.3) is 0 Å². The summed E-state index contributed by atoms with van der Waals surface area (Å²) in [4.78, 5) is 10.2. The summed E-state index contributed by atoms with van der Waals surface area (Å²) in [6.07, 6.45) is 0. The van der Waals surface area contributed by atoms with Crippen molar-refractivity contribution in [2.75, 3.05) is 44.0 Å². The van der Waals surface area contributed by atoms with E-state index in [1.54, 1.807) is 4.90 Å². The van der Waals surface area contributed by atoms with Gasteiger partial charge in [-0.05, 0) is 24.6 Å². The minimum atomic E-state index is -1.67. The lowest BCUT2D eigenvalue weighted by Gasteiger charge is -2.27. The Morgan fingerprint density at radius 1 is 1.33 bits per heavy atom. The lowest BCUT2D eigenvalue weighted by molar-refractivity contribution is 0.0508. The first kappa shape index (κ1) is 24.4. The van der Waals surface area contributed by atoms with E-state index in [1.807, 2.05) is 6.07 Å². The molecule has 0 aliphatic carbocycles. The van der Waals surface area contributed by atoms with E-state index in [1.165, 1.54) is 32.2 Å². The Morgan fingerprint density at radius 2 is 2.11 bits per heavy atom. The van der Waals surface area contributed by atoms with Crippen LogP contribution in [0, 0.1) is 23.0 Å². The first-order chi connectivity index (χ1) is 17.1. The van der Waals surface area contributed by atoms with E-state index in [4.69, 9.17) is 26.8 Å². The van der Waals surface area contributed by atoms with Gasteiger partial charge in [-0.15, -0.1) is 11.3 Å². The standard InChI is InChI=1S/C24H19ClF3N5O2S/c1-24(28)9-33(5-6-35-10-24)22-12-7-14(25)17(18(27)19(12)31-23(32-22)34-2)11-3-4-15(26)20-16(11)13(8-29)21(30)36-20/h3-4,7H,5-6,9-10,30H2,1-2H3. The van der Waals surface area contributed by atoms with E-state index in [9.17, 15) is 14.0 Å². The number of thiophene rings is 1. The van der Waals surface area contributed by atoms with Crippen LogP contribution >= 0.6 is 22.9 Å². The van der Waals surface area contributed by atoms with Crippen LogP contribution in [0.5, 0.6) is 6.01 Å². The van der Waals surface area contributed by atoms with Crippen molar-refractivity contribution in [2.24, 2.45) is 0 Å². The van der Waals surface area contributed by atoms with Crippen LogP contribution in [0.2, 0.25) is 5.02 Å². The van der Waals surface area contributed by atoms with E-state index in [0.717, 1.165) is 11.3 Å². The Hall–Kier alpha value is -3.33. The predicted octanol–water partition coefficient (Wildman–Crippen LogP) is 5.47. The van der Waals surface area contributed by atoms with Crippen molar-refractivity contribution in [1.29, 1.82) is 5.26 Å². The fourth-order valence-electron chi connectivity index (χ4n) is 4.41. The molecule has 0 spiro atoms. The molecule has 186 valence electrons. The third-order valence-electron chi connectivity index (χ3n) is 5.95. The van der Waals surface area contributed by atoms with E-state index in [0.29, 0.717) is 6.54 Å². The van der Waals surface area contributed by atoms with Crippen LogP contribution in [0.1, 0.15) is 12.5 Å². The van der Waals surface area contributed by atoms with Crippen molar-refractivity contribution in [3.05, 3.63) is 40.4 Å². The summed E-state index contributed by atoms with van der Waals surface area (Å²) in [6.45, 7) is 1.81. The number of fused-ring (bicyclic) bond motifs is 2. The number of hydrogen-bond donors (Lipinski definition) is 1. The van der Waals surface area contributed by atoms with E-state index in [-0.39, 0.29) is 79.3 Å². The van der Waals surface area contributed by atoms with Crippen LogP contribution in [0.25, 0.3) is 32.1 Å². The van der Waals surface area contributed by atoms with Crippen LogP contribution in [-0.2, 0) is 4.74 Å². The minimum absolute atomic E-state index is 0.0225. The fourth-order valence-corrected chi connectivity index (χ4v) is 5.65. The highest BCUT2D eigenvalue weighted by molar-refractivity contribution is 7.23. The number of methoxy groups -OCH3 is 1. The maximum atomic E-state index is 16.2. The van der Waals surface area contributed by atoms with Gasteiger partial charge in [0.15, 0.2) is 5.82 Å². The Labute approximate surface area is 212 Å². The molecule has 1 saturated heterocycles. The average molecular weight is 534 g/mol. The Kier molecular flexibility index (Phi) is 6.06. The number of nitrogens with zero attached hydrogens (tertiary/aromatic N) is 4. The average Bonchev–Trinajstić information content (AvgIpc) is 3.07. The van der Waals surface area contributed by atoms with Gasteiger partial charge in [0.1, 0.15) is 33.9 Å². The molecule has 1 fully saturated rings. The minimum Gasteiger partial charge on any atom is -0.467 e. The molecule has 2 N–H and O–H groups in total. The highest BCUT2D eigenvalue weighted by atomic mass is 35.5. The molecule has 1 aliphatic heterocycles. The van der Waals surface area contributed by atoms with Gasteiger partial charge in [-0.25, -0.2) is 13.2 Å². The lowest BCUT2D eigenvalue weighted by Crippen LogP contribution is -2.39.